The number of ether oxygens (including phenoxy) is 2. The smallest absolute Gasteiger partial charge is 0.322 e. The third-order valence-electron chi connectivity index (χ3n) is 3.96. The van der Waals surface area contributed by atoms with Crippen molar-refractivity contribution < 1.29 is 26.9 Å². The van der Waals surface area contributed by atoms with Gasteiger partial charge in [0.15, 0.2) is 11.5 Å². The molecule has 0 aliphatic heterocycles. The summed E-state index contributed by atoms with van der Waals surface area (Å²) in [5.41, 5.74) is 2.40. The van der Waals surface area contributed by atoms with Crippen LogP contribution >= 0.6 is 0 Å². The Bertz CT molecular complexity index is 946. The lowest BCUT2D eigenvalue weighted by Gasteiger charge is -2.23. The predicted octanol–water partition coefficient (Wildman–Crippen LogP) is 3.02. The van der Waals surface area contributed by atoms with Crippen LogP contribution in [0.5, 0.6) is 11.5 Å². The summed E-state index contributed by atoms with van der Waals surface area (Å²) in [7, 11) is -0.745. The van der Waals surface area contributed by atoms with Crippen molar-refractivity contribution in [3.05, 3.63) is 53.6 Å². The molecule has 8 nitrogen and oxygen atoms in total. The molecule has 9 heteroatoms. The van der Waals surface area contributed by atoms with Gasteiger partial charge in [-0.1, -0.05) is 18.2 Å². The van der Waals surface area contributed by atoms with E-state index in [-0.39, 0.29) is 24.1 Å². The van der Waals surface area contributed by atoms with Crippen molar-refractivity contribution in [2.24, 2.45) is 0 Å². The van der Waals surface area contributed by atoms with E-state index in [4.69, 9.17) is 13.7 Å². The standard InChI is InChI=1S/C20H26N2O6S/c1-15-6-5-7-17(12-15)21-20(23)22(10-11-26-2)14-16-8-9-18(27-3)19(13-16)28-29(4,24)25/h5-9,12-13H,10-11,14H2,1-4H3,(H,21,23). The van der Waals surface area contributed by atoms with E-state index in [1.165, 1.54) is 7.11 Å². The molecule has 0 bridgehead atoms. The molecule has 0 aliphatic carbocycles. The largest absolute Gasteiger partial charge is 0.493 e. The van der Waals surface area contributed by atoms with Gasteiger partial charge in [0.05, 0.1) is 20.0 Å². The van der Waals surface area contributed by atoms with Crippen LogP contribution in [-0.4, -0.2) is 53.0 Å². The molecule has 1 N–H and O–H groups in total. The second-order valence-electron chi connectivity index (χ2n) is 6.49. The molecule has 2 aromatic rings. The highest BCUT2D eigenvalue weighted by Gasteiger charge is 2.17. The number of urea groups is 1. The van der Waals surface area contributed by atoms with Crippen LogP contribution in [0.15, 0.2) is 42.5 Å². The molecule has 2 rings (SSSR count). The van der Waals surface area contributed by atoms with E-state index in [0.29, 0.717) is 24.4 Å². The Kier molecular flexibility index (Phi) is 7.86. The van der Waals surface area contributed by atoms with E-state index in [9.17, 15) is 13.2 Å². The molecular formula is C20H26N2O6S. The van der Waals surface area contributed by atoms with Gasteiger partial charge in [0.25, 0.3) is 0 Å². The number of amides is 2. The Morgan fingerprint density at radius 2 is 1.86 bits per heavy atom. The maximum atomic E-state index is 12.8. The molecule has 0 atom stereocenters. The van der Waals surface area contributed by atoms with Crippen molar-refractivity contribution in [2.45, 2.75) is 13.5 Å². The third kappa shape index (κ3) is 7.28. The lowest BCUT2D eigenvalue weighted by molar-refractivity contribution is 0.153. The molecule has 0 aromatic heterocycles. The van der Waals surface area contributed by atoms with Crippen molar-refractivity contribution in [2.75, 3.05) is 38.9 Å². The minimum atomic E-state index is -3.72. The number of rotatable bonds is 9. The molecule has 2 amide bonds. The third-order valence-corrected chi connectivity index (χ3v) is 4.45. The van der Waals surface area contributed by atoms with Crippen molar-refractivity contribution in [3.8, 4) is 11.5 Å². The Labute approximate surface area is 171 Å². The minimum absolute atomic E-state index is 0.0679. The van der Waals surface area contributed by atoms with Gasteiger partial charge in [0.1, 0.15) is 0 Å². The van der Waals surface area contributed by atoms with Crippen LogP contribution in [0.25, 0.3) is 0 Å². The van der Waals surface area contributed by atoms with E-state index in [1.807, 2.05) is 31.2 Å². The Hall–Kier alpha value is -2.78. The molecule has 29 heavy (non-hydrogen) atoms. The Balaban J connectivity index is 2.22. The fraction of sp³-hybridized carbons (Fsp3) is 0.350. The molecule has 0 fully saturated rings. The monoisotopic (exact) mass is 422 g/mol. The summed E-state index contributed by atoms with van der Waals surface area (Å²) in [6, 6.07) is 12.1. The first-order valence-corrected chi connectivity index (χ1v) is 10.7. The fourth-order valence-electron chi connectivity index (χ4n) is 2.65. The second kappa shape index (κ2) is 10.1. The van der Waals surface area contributed by atoms with Gasteiger partial charge in [0, 0.05) is 25.9 Å². The van der Waals surface area contributed by atoms with E-state index in [1.54, 1.807) is 30.2 Å². The lowest BCUT2D eigenvalue weighted by atomic mass is 10.2. The summed E-state index contributed by atoms with van der Waals surface area (Å²) in [5, 5.41) is 2.87. The summed E-state index contributed by atoms with van der Waals surface area (Å²) in [4.78, 5) is 14.3. The molecule has 0 unspecified atom stereocenters. The van der Waals surface area contributed by atoms with Gasteiger partial charge in [-0.2, -0.15) is 8.42 Å². The van der Waals surface area contributed by atoms with E-state index < -0.39 is 10.1 Å². The number of anilines is 1. The zero-order valence-electron chi connectivity index (χ0n) is 17.0. The zero-order chi connectivity index (χ0) is 21.4. The Morgan fingerprint density at radius 1 is 1.10 bits per heavy atom. The molecule has 0 radical (unpaired) electrons. The number of hydrogen-bond donors (Lipinski definition) is 1. The molecule has 0 saturated carbocycles. The first-order chi connectivity index (χ1) is 13.7. The average molecular weight is 423 g/mol. The normalized spacial score (nSPS) is 11.0. The highest BCUT2D eigenvalue weighted by molar-refractivity contribution is 7.86. The molecule has 0 spiro atoms. The SMILES string of the molecule is COCCN(Cc1ccc(OC)c(OS(C)(=O)=O)c1)C(=O)Nc1cccc(C)c1. The highest BCUT2D eigenvalue weighted by Crippen LogP contribution is 2.29. The fourth-order valence-corrected chi connectivity index (χ4v) is 3.10. The first kappa shape index (κ1) is 22.5. The highest BCUT2D eigenvalue weighted by atomic mass is 32.2. The van der Waals surface area contributed by atoms with Crippen LogP contribution in [0.1, 0.15) is 11.1 Å². The second-order valence-corrected chi connectivity index (χ2v) is 8.06. The summed E-state index contributed by atoms with van der Waals surface area (Å²) >= 11 is 0. The van der Waals surface area contributed by atoms with Crippen molar-refractivity contribution in [1.82, 2.24) is 4.90 Å². The van der Waals surface area contributed by atoms with Crippen LogP contribution in [0.2, 0.25) is 0 Å². The number of methoxy groups -OCH3 is 2. The number of nitrogens with one attached hydrogen (secondary N) is 1. The number of aryl methyl sites for hydroxylation is 1. The van der Waals surface area contributed by atoms with E-state index >= 15 is 0 Å². The van der Waals surface area contributed by atoms with Gasteiger partial charge in [-0.15, -0.1) is 0 Å². The van der Waals surface area contributed by atoms with Gasteiger partial charge in [-0.3, -0.25) is 0 Å². The van der Waals surface area contributed by atoms with Gasteiger partial charge in [0.2, 0.25) is 0 Å². The summed E-state index contributed by atoms with van der Waals surface area (Å²) < 4.78 is 38.3. The van der Waals surface area contributed by atoms with Crippen LogP contribution in [0.3, 0.4) is 0 Å². The van der Waals surface area contributed by atoms with Crippen molar-refractivity contribution >= 4 is 21.8 Å². The van der Waals surface area contributed by atoms with Gasteiger partial charge < -0.3 is 23.9 Å². The summed E-state index contributed by atoms with van der Waals surface area (Å²) in [6.45, 7) is 2.87. The molecule has 0 heterocycles. The molecule has 0 aliphatic rings. The first-order valence-electron chi connectivity index (χ1n) is 8.89. The van der Waals surface area contributed by atoms with E-state index in [2.05, 4.69) is 5.32 Å². The van der Waals surface area contributed by atoms with Crippen molar-refractivity contribution in [1.29, 1.82) is 0 Å². The summed E-state index contributed by atoms with van der Waals surface area (Å²) in [6.07, 6.45) is 0.958. The number of hydrogen-bond acceptors (Lipinski definition) is 6. The van der Waals surface area contributed by atoms with Crippen LogP contribution in [-0.2, 0) is 21.4 Å². The predicted molar refractivity (Wildman–Crippen MR) is 111 cm³/mol. The van der Waals surface area contributed by atoms with Crippen LogP contribution in [0.4, 0.5) is 10.5 Å². The average Bonchev–Trinajstić information content (AvgIpc) is 2.64. The topological polar surface area (TPSA) is 94.2 Å². The van der Waals surface area contributed by atoms with Gasteiger partial charge in [-0.05, 0) is 42.3 Å². The minimum Gasteiger partial charge on any atom is -0.493 e. The van der Waals surface area contributed by atoms with Crippen molar-refractivity contribution in [3.63, 3.8) is 0 Å². The quantitative estimate of drug-likeness (QED) is 0.625. The number of nitrogens with zero attached hydrogens (tertiary/aromatic N) is 1. The zero-order valence-corrected chi connectivity index (χ0v) is 17.8. The van der Waals surface area contributed by atoms with Gasteiger partial charge in [-0.25, -0.2) is 4.79 Å². The number of carbonyl (C=O) groups is 1. The molecular weight excluding hydrogens is 396 g/mol. The van der Waals surface area contributed by atoms with E-state index in [0.717, 1.165) is 11.8 Å². The van der Waals surface area contributed by atoms with Gasteiger partial charge >= 0.3 is 16.1 Å². The Morgan fingerprint density at radius 3 is 2.48 bits per heavy atom. The maximum absolute atomic E-state index is 12.8. The maximum Gasteiger partial charge on any atom is 0.322 e. The summed E-state index contributed by atoms with van der Waals surface area (Å²) in [5.74, 6) is 0.352. The van der Waals surface area contributed by atoms with Crippen LogP contribution < -0.4 is 14.2 Å². The number of benzene rings is 2. The molecule has 158 valence electrons. The lowest BCUT2D eigenvalue weighted by Crippen LogP contribution is -2.36. The van der Waals surface area contributed by atoms with Crippen LogP contribution in [0, 0.1) is 6.92 Å². The molecule has 2 aromatic carbocycles. The molecule has 0 saturated heterocycles. The number of carbonyl (C=O) groups excluding carboxylic acids is 1.